The highest BCUT2D eigenvalue weighted by molar-refractivity contribution is 5.91. The number of anilines is 1. The summed E-state index contributed by atoms with van der Waals surface area (Å²) in [5.74, 6) is -0.961. The number of carboxylic acids is 1. The Morgan fingerprint density at radius 2 is 1.81 bits per heavy atom. The van der Waals surface area contributed by atoms with Crippen LogP contribution in [0.3, 0.4) is 0 Å². The highest BCUT2D eigenvalue weighted by atomic mass is 16.4. The Morgan fingerprint density at radius 1 is 1.10 bits per heavy atom. The molecule has 4 N–H and O–H groups in total. The number of amides is 1. The summed E-state index contributed by atoms with van der Waals surface area (Å²) in [6.45, 7) is 0.415. The van der Waals surface area contributed by atoms with Crippen molar-refractivity contribution in [2.45, 2.75) is 13.0 Å². The number of aliphatic carboxylic acids is 1. The van der Waals surface area contributed by atoms with Crippen LogP contribution in [0.15, 0.2) is 42.5 Å². The van der Waals surface area contributed by atoms with E-state index in [-0.39, 0.29) is 12.1 Å². The van der Waals surface area contributed by atoms with Gasteiger partial charge in [-0.3, -0.25) is 9.59 Å². The molecule has 0 radical (unpaired) electrons. The second kappa shape index (κ2) is 6.51. The SMILES string of the molecule is NC(=O)c1cccc(NCc2ccccc2CC(=O)O)n1. The third-order valence-corrected chi connectivity index (χ3v) is 2.92. The number of carboxylic acid groups (broad SMARTS) is 1. The second-order valence-corrected chi connectivity index (χ2v) is 4.47. The Balaban J connectivity index is 2.11. The first-order valence-corrected chi connectivity index (χ1v) is 6.35. The van der Waals surface area contributed by atoms with Crippen molar-refractivity contribution in [3.63, 3.8) is 0 Å². The van der Waals surface area contributed by atoms with Gasteiger partial charge in [-0.15, -0.1) is 0 Å². The smallest absolute Gasteiger partial charge is 0.307 e. The van der Waals surface area contributed by atoms with Crippen molar-refractivity contribution in [3.8, 4) is 0 Å². The van der Waals surface area contributed by atoms with Gasteiger partial charge in [0.25, 0.3) is 5.91 Å². The monoisotopic (exact) mass is 285 g/mol. The molecule has 108 valence electrons. The largest absolute Gasteiger partial charge is 0.481 e. The molecule has 0 atom stereocenters. The summed E-state index contributed by atoms with van der Waals surface area (Å²) < 4.78 is 0. The second-order valence-electron chi connectivity index (χ2n) is 4.47. The molecule has 1 aromatic carbocycles. The van der Waals surface area contributed by atoms with Crippen molar-refractivity contribution in [1.29, 1.82) is 0 Å². The Hall–Kier alpha value is -2.89. The molecule has 0 aliphatic rings. The molecule has 1 amide bonds. The minimum absolute atomic E-state index is 0.0351. The number of nitrogens with two attached hydrogens (primary N) is 1. The van der Waals surface area contributed by atoms with Gasteiger partial charge in [-0.25, -0.2) is 4.98 Å². The molecule has 21 heavy (non-hydrogen) atoms. The van der Waals surface area contributed by atoms with Crippen molar-refractivity contribution in [2.75, 3.05) is 5.32 Å². The number of nitrogens with zero attached hydrogens (tertiary/aromatic N) is 1. The summed E-state index contributed by atoms with van der Waals surface area (Å²) in [6, 6.07) is 12.2. The number of hydrogen-bond acceptors (Lipinski definition) is 4. The lowest BCUT2D eigenvalue weighted by molar-refractivity contribution is -0.136. The maximum atomic E-state index is 11.1. The highest BCUT2D eigenvalue weighted by Gasteiger charge is 2.07. The van der Waals surface area contributed by atoms with E-state index in [0.29, 0.717) is 12.4 Å². The minimum Gasteiger partial charge on any atom is -0.481 e. The summed E-state index contributed by atoms with van der Waals surface area (Å²) in [4.78, 5) is 26.0. The van der Waals surface area contributed by atoms with Crippen LogP contribution in [0.2, 0.25) is 0 Å². The highest BCUT2D eigenvalue weighted by Crippen LogP contribution is 2.12. The van der Waals surface area contributed by atoms with Crippen molar-refractivity contribution >= 4 is 17.7 Å². The van der Waals surface area contributed by atoms with Crippen LogP contribution in [0.25, 0.3) is 0 Å². The van der Waals surface area contributed by atoms with E-state index in [2.05, 4.69) is 10.3 Å². The van der Waals surface area contributed by atoms with Crippen LogP contribution in [0.1, 0.15) is 21.6 Å². The van der Waals surface area contributed by atoms with Gasteiger partial charge in [0, 0.05) is 6.54 Å². The van der Waals surface area contributed by atoms with E-state index in [1.165, 1.54) is 6.07 Å². The number of nitrogens with one attached hydrogen (secondary N) is 1. The topological polar surface area (TPSA) is 105 Å². The zero-order valence-corrected chi connectivity index (χ0v) is 11.2. The number of aromatic nitrogens is 1. The van der Waals surface area contributed by atoms with Gasteiger partial charge in [0.1, 0.15) is 11.5 Å². The number of hydrogen-bond donors (Lipinski definition) is 3. The lowest BCUT2D eigenvalue weighted by Gasteiger charge is -2.10. The van der Waals surface area contributed by atoms with Crippen molar-refractivity contribution < 1.29 is 14.7 Å². The van der Waals surface area contributed by atoms with Gasteiger partial charge in [-0.2, -0.15) is 0 Å². The number of primary amides is 1. The van der Waals surface area contributed by atoms with Crippen LogP contribution in [0, 0.1) is 0 Å². The summed E-state index contributed by atoms with van der Waals surface area (Å²) >= 11 is 0. The van der Waals surface area contributed by atoms with E-state index in [0.717, 1.165) is 11.1 Å². The standard InChI is InChI=1S/C15H15N3O3/c16-15(21)12-6-3-7-13(18-12)17-9-11-5-2-1-4-10(11)8-14(19)20/h1-7H,8-9H2,(H2,16,21)(H,17,18)(H,19,20). The maximum Gasteiger partial charge on any atom is 0.307 e. The third-order valence-electron chi connectivity index (χ3n) is 2.92. The molecule has 6 heteroatoms. The van der Waals surface area contributed by atoms with E-state index < -0.39 is 11.9 Å². The summed E-state index contributed by atoms with van der Waals surface area (Å²) in [5, 5.41) is 11.9. The fraction of sp³-hybridized carbons (Fsp3) is 0.133. The van der Waals surface area contributed by atoms with Crippen LogP contribution in [0.4, 0.5) is 5.82 Å². The molecule has 0 aliphatic carbocycles. The molecule has 0 aliphatic heterocycles. The van der Waals surface area contributed by atoms with Crippen LogP contribution < -0.4 is 11.1 Å². The lowest BCUT2D eigenvalue weighted by Crippen LogP contribution is -2.14. The first-order valence-electron chi connectivity index (χ1n) is 6.35. The number of benzene rings is 1. The van der Waals surface area contributed by atoms with Crippen LogP contribution >= 0.6 is 0 Å². The number of pyridine rings is 1. The third kappa shape index (κ3) is 4.04. The first kappa shape index (κ1) is 14.5. The molecule has 2 aromatic rings. The zero-order valence-electron chi connectivity index (χ0n) is 11.2. The summed E-state index contributed by atoms with van der Waals surface area (Å²) in [5.41, 5.74) is 6.96. The zero-order chi connectivity index (χ0) is 15.2. The van der Waals surface area contributed by atoms with E-state index in [4.69, 9.17) is 10.8 Å². The maximum absolute atomic E-state index is 11.1. The molecule has 0 saturated carbocycles. The van der Waals surface area contributed by atoms with E-state index >= 15 is 0 Å². The lowest BCUT2D eigenvalue weighted by atomic mass is 10.0. The van der Waals surface area contributed by atoms with E-state index in [1.807, 2.05) is 12.1 Å². The number of rotatable bonds is 6. The molecule has 0 fully saturated rings. The normalized spacial score (nSPS) is 10.1. The van der Waals surface area contributed by atoms with Crippen molar-refractivity contribution in [3.05, 3.63) is 59.3 Å². The van der Waals surface area contributed by atoms with Gasteiger partial charge in [-0.1, -0.05) is 30.3 Å². The molecule has 0 spiro atoms. The molecule has 1 heterocycles. The average molecular weight is 285 g/mol. The fourth-order valence-electron chi connectivity index (χ4n) is 1.92. The van der Waals surface area contributed by atoms with Gasteiger partial charge in [0.05, 0.1) is 6.42 Å². The number of carbonyl (C=O) groups is 2. The fourth-order valence-corrected chi connectivity index (χ4v) is 1.92. The minimum atomic E-state index is -0.878. The predicted octanol–water partition coefficient (Wildman–Crippen LogP) is 1.42. The Morgan fingerprint density at radius 3 is 2.48 bits per heavy atom. The molecular weight excluding hydrogens is 270 g/mol. The van der Waals surface area contributed by atoms with Crippen LogP contribution in [-0.2, 0) is 17.8 Å². The average Bonchev–Trinajstić information content (AvgIpc) is 2.46. The molecule has 1 aromatic heterocycles. The summed E-state index contributed by atoms with van der Waals surface area (Å²) in [6.07, 6.45) is -0.0351. The Bertz CT molecular complexity index is 671. The quantitative estimate of drug-likeness (QED) is 0.744. The van der Waals surface area contributed by atoms with E-state index in [1.54, 1.807) is 24.3 Å². The molecule has 2 rings (SSSR count). The molecular formula is C15H15N3O3. The van der Waals surface area contributed by atoms with Gasteiger partial charge in [0.15, 0.2) is 0 Å². The van der Waals surface area contributed by atoms with Crippen LogP contribution in [0.5, 0.6) is 0 Å². The van der Waals surface area contributed by atoms with Gasteiger partial charge < -0.3 is 16.2 Å². The molecule has 0 bridgehead atoms. The first-order chi connectivity index (χ1) is 10.1. The van der Waals surface area contributed by atoms with Crippen molar-refractivity contribution in [1.82, 2.24) is 4.98 Å². The van der Waals surface area contributed by atoms with Gasteiger partial charge in [0.2, 0.25) is 0 Å². The van der Waals surface area contributed by atoms with Crippen LogP contribution in [-0.4, -0.2) is 22.0 Å². The number of carbonyl (C=O) groups excluding carboxylic acids is 1. The molecule has 6 nitrogen and oxygen atoms in total. The van der Waals surface area contributed by atoms with Gasteiger partial charge >= 0.3 is 5.97 Å². The predicted molar refractivity (Wildman–Crippen MR) is 77.9 cm³/mol. The summed E-state index contributed by atoms with van der Waals surface area (Å²) in [7, 11) is 0. The van der Waals surface area contributed by atoms with E-state index in [9.17, 15) is 9.59 Å². The molecule has 0 saturated heterocycles. The van der Waals surface area contributed by atoms with Gasteiger partial charge in [-0.05, 0) is 23.3 Å². The Labute approximate surface area is 121 Å². The Kier molecular flexibility index (Phi) is 4.50. The van der Waals surface area contributed by atoms with Crippen molar-refractivity contribution in [2.24, 2.45) is 5.73 Å². The molecule has 0 unspecified atom stereocenters.